The molecule has 0 aliphatic heterocycles. The number of hydrogen-bond acceptors (Lipinski definition) is 6. The van der Waals surface area contributed by atoms with Gasteiger partial charge in [-0.05, 0) is 31.4 Å². The predicted molar refractivity (Wildman–Crippen MR) is 92.0 cm³/mol. The number of halogens is 1. The summed E-state index contributed by atoms with van der Waals surface area (Å²) in [6.45, 7) is -0.251. The van der Waals surface area contributed by atoms with Gasteiger partial charge in [-0.25, -0.2) is 9.18 Å². The molecule has 2 atom stereocenters. The molecule has 1 aromatic carbocycles. The molecule has 2 aromatic rings. The molecule has 9 heteroatoms. The number of aliphatic hydroxyl groups is 1. The number of nitrogens with zero attached hydrogens (tertiary/aromatic N) is 1. The van der Waals surface area contributed by atoms with Crippen LogP contribution in [0.2, 0.25) is 0 Å². The molecule has 4 N–H and O–H groups in total. The minimum absolute atomic E-state index is 0.0957. The highest BCUT2D eigenvalue weighted by Crippen LogP contribution is 2.27. The summed E-state index contributed by atoms with van der Waals surface area (Å²) in [5.41, 5.74) is 1.32. The number of hydrogen-bond donors (Lipinski definition) is 4. The second-order valence-corrected chi connectivity index (χ2v) is 6.17. The van der Waals surface area contributed by atoms with E-state index in [1.807, 2.05) is 0 Å². The van der Waals surface area contributed by atoms with Crippen molar-refractivity contribution in [3.8, 4) is 5.75 Å². The number of rotatable bonds is 7. The minimum Gasteiger partial charge on any atom is -0.489 e. The normalized spacial score (nSPS) is 20.3. The molecular weight excluding hydrogens is 345 g/mol. The summed E-state index contributed by atoms with van der Waals surface area (Å²) in [5, 5.41) is 23.4. The van der Waals surface area contributed by atoms with Crippen LogP contribution in [0.25, 0.3) is 11.1 Å². The second-order valence-electron chi connectivity index (χ2n) is 6.17. The number of aromatic nitrogens is 1. The predicted octanol–water partition coefficient (Wildman–Crippen LogP) is 2.65. The molecule has 1 aromatic heterocycles. The molecule has 0 bridgehead atoms. The van der Waals surface area contributed by atoms with Crippen LogP contribution in [0.4, 0.5) is 15.2 Å². The number of carbonyl (C=O) groups is 1. The van der Waals surface area contributed by atoms with E-state index in [4.69, 9.17) is 14.3 Å². The fraction of sp³-hybridized carbons (Fsp3) is 0.412. The number of benzene rings is 1. The molecule has 0 spiro atoms. The molecule has 8 nitrogen and oxygen atoms in total. The zero-order valence-corrected chi connectivity index (χ0v) is 13.9. The summed E-state index contributed by atoms with van der Waals surface area (Å²) in [7, 11) is 0. The topological polar surface area (TPSA) is 117 Å². The van der Waals surface area contributed by atoms with E-state index in [1.165, 1.54) is 0 Å². The lowest BCUT2D eigenvalue weighted by atomic mass is 10.2. The van der Waals surface area contributed by atoms with Crippen molar-refractivity contribution in [2.45, 2.75) is 31.4 Å². The molecule has 1 fully saturated rings. The van der Waals surface area contributed by atoms with E-state index in [9.17, 15) is 14.3 Å². The Balaban J connectivity index is 1.60. The lowest BCUT2D eigenvalue weighted by molar-refractivity contribution is 0.182. The van der Waals surface area contributed by atoms with Gasteiger partial charge in [-0.2, -0.15) is 4.98 Å². The van der Waals surface area contributed by atoms with Crippen molar-refractivity contribution < 1.29 is 28.6 Å². The fourth-order valence-electron chi connectivity index (χ4n) is 2.81. The number of anilines is 1. The number of amides is 1. The van der Waals surface area contributed by atoms with E-state index >= 15 is 0 Å². The minimum atomic E-state index is -1.23. The SMILES string of the molecule is O=C(O)NC/C(=C\F)COc1ccc2nc(NC3CCC(O)C3)oc2c1. The molecule has 3 rings (SSSR count). The number of nitrogens with one attached hydrogen (secondary N) is 2. The number of ether oxygens (including phenoxy) is 1. The van der Waals surface area contributed by atoms with Crippen LogP contribution in [0.1, 0.15) is 19.3 Å². The Morgan fingerprint density at radius 2 is 2.31 bits per heavy atom. The molecule has 0 saturated heterocycles. The van der Waals surface area contributed by atoms with E-state index < -0.39 is 6.09 Å². The smallest absolute Gasteiger partial charge is 0.404 e. The van der Waals surface area contributed by atoms with Crippen LogP contribution in [0.15, 0.2) is 34.5 Å². The first-order valence-corrected chi connectivity index (χ1v) is 8.26. The molecule has 140 valence electrons. The number of fused-ring (bicyclic) bond motifs is 1. The molecule has 0 radical (unpaired) electrons. The van der Waals surface area contributed by atoms with Gasteiger partial charge in [0.1, 0.15) is 17.9 Å². The molecular formula is C17H20FN3O5. The summed E-state index contributed by atoms with van der Waals surface area (Å²) in [4.78, 5) is 14.8. The first-order chi connectivity index (χ1) is 12.5. The highest BCUT2D eigenvalue weighted by atomic mass is 19.1. The van der Waals surface area contributed by atoms with Crippen molar-refractivity contribution in [2.75, 3.05) is 18.5 Å². The van der Waals surface area contributed by atoms with Gasteiger partial charge in [-0.15, -0.1) is 0 Å². The van der Waals surface area contributed by atoms with Crippen molar-refractivity contribution in [1.29, 1.82) is 0 Å². The molecule has 1 amide bonds. The lowest BCUT2D eigenvalue weighted by Crippen LogP contribution is -2.25. The average molecular weight is 365 g/mol. The number of aliphatic hydroxyl groups excluding tert-OH is 1. The monoisotopic (exact) mass is 365 g/mol. The van der Waals surface area contributed by atoms with Crippen molar-refractivity contribution >= 4 is 23.2 Å². The van der Waals surface area contributed by atoms with Gasteiger partial charge in [0.25, 0.3) is 6.01 Å². The Morgan fingerprint density at radius 1 is 1.46 bits per heavy atom. The maximum atomic E-state index is 12.8. The van der Waals surface area contributed by atoms with Gasteiger partial charge in [-0.3, -0.25) is 0 Å². The first-order valence-electron chi connectivity index (χ1n) is 8.26. The van der Waals surface area contributed by atoms with Crippen molar-refractivity contribution in [2.24, 2.45) is 0 Å². The van der Waals surface area contributed by atoms with Crippen LogP contribution < -0.4 is 15.4 Å². The van der Waals surface area contributed by atoms with Crippen LogP contribution in [-0.2, 0) is 0 Å². The third-order valence-corrected chi connectivity index (χ3v) is 4.14. The Hall–Kier alpha value is -2.81. The lowest BCUT2D eigenvalue weighted by Gasteiger charge is -2.09. The Kier molecular flexibility index (Phi) is 5.57. The third kappa shape index (κ3) is 4.63. The molecule has 26 heavy (non-hydrogen) atoms. The van der Waals surface area contributed by atoms with Gasteiger partial charge < -0.3 is 30.0 Å². The molecule has 1 heterocycles. The van der Waals surface area contributed by atoms with Crippen LogP contribution in [0.3, 0.4) is 0 Å². The van der Waals surface area contributed by atoms with E-state index in [-0.39, 0.29) is 30.9 Å². The molecule has 1 aliphatic rings. The first kappa shape index (κ1) is 18.0. The Bertz CT molecular complexity index is 807. The summed E-state index contributed by atoms with van der Waals surface area (Å²) in [6.07, 6.45) is 1.08. The molecule has 2 unspecified atom stereocenters. The van der Waals surface area contributed by atoms with Crippen LogP contribution in [-0.4, -0.2) is 46.6 Å². The van der Waals surface area contributed by atoms with Crippen LogP contribution in [0.5, 0.6) is 5.75 Å². The van der Waals surface area contributed by atoms with Gasteiger partial charge in [0.2, 0.25) is 0 Å². The van der Waals surface area contributed by atoms with Crippen LogP contribution >= 0.6 is 0 Å². The van der Waals surface area contributed by atoms with Gasteiger partial charge in [-0.1, -0.05) is 0 Å². The largest absolute Gasteiger partial charge is 0.489 e. The standard InChI is InChI=1S/C17H20FN3O5/c18-7-10(8-19-17(23)24)9-25-13-3-4-14-15(6-13)26-16(21-14)20-11-1-2-12(22)5-11/h3-4,6-7,11-12,19,22H,1-2,5,8-9H2,(H,20,21)(H,23,24)/b10-7+. The van der Waals surface area contributed by atoms with Crippen LogP contribution in [0, 0.1) is 0 Å². The van der Waals surface area contributed by atoms with Gasteiger partial charge in [0, 0.05) is 24.2 Å². The zero-order valence-electron chi connectivity index (χ0n) is 13.9. The second kappa shape index (κ2) is 8.05. The van der Waals surface area contributed by atoms with Crippen molar-refractivity contribution in [3.63, 3.8) is 0 Å². The third-order valence-electron chi connectivity index (χ3n) is 4.14. The quantitative estimate of drug-likeness (QED) is 0.596. The Labute approximate surface area is 148 Å². The fourth-order valence-corrected chi connectivity index (χ4v) is 2.81. The number of carboxylic acid groups (broad SMARTS) is 1. The molecule has 1 aliphatic carbocycles. The average Bonchev–Trinajstić information content (AvgIpc) is 3.19. The summed E-state index contributed by atoms with van der Waals surface area (Å²) in [5.74, 6) is 0.450. The van der Waals surface area contributed by atoms with Gasteiger partial charge >= 0.3 is 6.09 Å². The van der Waals surface area contributed by atoms with Crippen molar-refractivity contribution in [1.82, 2.24) is 10.3 Å². The van der Waals surface area contributed by atoms with Gasteiger partial charge in [0.15, 0.2) is 5.58 Å². The molecule has 1 saturated carbocycles. The highest BCUT2D eigenvalue weighted by Gasteiger charge is 2.24. The van der Waals surface area contributed by atoms with E-state index in [1.54, 1.807) is 18.2 Å². The van der Waals surface area contributed by atoms with E-state index in [0.29, 0.717) is 35.6 Å². The van der Waals surface area contributed by atoms with Gasteiger partial charge in [0.05, 0.1) is 12.4 Å². The summed E-state index contributed by atoms with van der Waals surface area (Å²) >= 11 is 0. The maximum absolute atomic E-state index is 12.8. The zero-order chi connectivity index (χ0) is 18.5. The van der Waals surface area contributed by atoms with E-state index in [0.717, 1.165) is 12.8 Å². The summed E-state index contributed by atoms with van der Waals surface area (Å²) < 4.78 is 23.9. The highest BCUT2D eigenvalue weighted by molar-refractivity contribution is 5.76. The Morgan fingerprint density at radius 3 is 3.00 bits per heavy atom. The van der Waals surface area contributed by atoms with E-state index in [2.05, 4.69) is 15.6 Å². The van der Waals surface area contributed by atoms with Crippen molar-refractivity contribution in [3.05, 3.63) is 30.1 Å². The maximum Gasteiger partial charge on any atom is 0.404 e. The summed E-state index contributed by atoms with van der Waals surface area (Å²) in [6, 6.07) is 5.54. The number of oxazole rings is 1.